The molecule has 0 fully saturated rings. The highest BCUT2D eigenvalue weighted by Gasteiger charge is 2.26. The molecule has 0 aromatic heterocycles. The van der Waals surface area contributed by atoms with E-state index in [0.717, 1.165) is 24.8 Å². The van der Waals surface area contributed by atoms with Gasteiger partial charge in [-0.15, -0.1) is 0 Å². The molecule has 0 atom stereocenters. The van der Waals surface area contributed by atoms with Crippen molar-refractivity contribution < 1.29 is 9.53 Å². The van der Waals surface area contributed by atoms with Crippen molar-refractivity contribution in [1.29, 1.82) is 0 Å². The lowest BCUT2D eigenvalue weighted by atomic mass is 9.72. The van der Waals surface area contributed by atoms with Gasteiger partial charge in [-0.1, -0.05) is 137 Å². The van der Waals surface area contributed by atoms with E-state index in [1.165, 1.54) is 100 Å². The van der Waals surface area contributed by atoms with E-state index in [9.17, 15) is 4.79 Å². The van der Waals surface area contributed by atoms with Crippen LogP contribution in [0.25, 0.3) is 0 Å². The molecule has 0 amide bonds. The van der Waals surface area contributed by atoms with Crippen molar-refractivity contribution >= 4 is 5.97 Å². The maximum atomic E-state index is 12.1. The Bertz CT molecular complexity index is 948. The van der Waals surface area contributed by atoms with Crippen molar-refractivity contribution in [2.24, 2.45) is 5.41 Å². The maximum Gasteiger partial charge on any atom is 0.306 e. The second-order valence-corrected chi connectivity index (χ2v) is 12.9. The van der Waals surface area contributed by atoms with E-state index < -0.39 is 0 Å². The summed E-state index contributed by atoms with van der Waals surface area (Å²) in [4.78, 5) is 12.1. The highest BCUT2D eigenvalue weighted by atomic mass is 16.5. The SMILES string of the molecule is CCCCC/C=C\C/C=C\CCCCCCCCCC(=O)OC/C=C(C)/C=C/C=C(C)/C=C/C1=C(C)CCCC1(C)C. The molecule has 42 heavy (non-hydrogen) atoms. The molecule has 0 saturated carbocycles. The normalized spacial score (nSPS) is 16.6. The van der Waals surface area contributed by atoms with Crippen LogP contribution in [0.2, 0.25) is 0 Å². The minimum atomic E-state index is -0.0817. The molecule has 2 heteroatoms. The quantitative estimate of drug-likeness (QED) is 0.0554. The van der Waals surface area contributed by atoms with Gasteiger partial charge in [-0.2, -0.15) is 0 Å². The van der Waals surface area contributed by atoms with Gasteiger partial charge >= 0.3 is 5.97 Å². The number of hydrogen-bond acceptors (Lipinski definition) is 2. The fourth-order valence-corrected chi connectivity index (χ4v) is 5.47. The average molecular weight is 577 g/mol. The number of hydrogen-bond donors (Lipinski definition) is 0. The van der Waals surface area contributed by atoms with Crippen LogP contribution in [0.1, 0.15) is 151 Å². The van der Waals surface area contributed by atoms with Crippen molar-refractivity contribution in [3.05, 3.63) is 83.1 Å². The predicted octanol–water partition coefficient (Wildman–Crippen LogP) is 12.7. The number of esters is 1. The van der Waals surface area contributed by atoms with Crippen LogP contribution in [0, 0.1) is 5.41 Å². The Labute approximate surface area is 260 Å². The van der Waals surface area contributed by atoms with Crippen molar-refractivity contribution in [1.82, 2.24) is 0 Å². The van der Waals surface area contributed by atoms with Crippen molar-refractivity contribution in [3.63, 3.8) is 0 Å². The molecule has 236 valence electrons. The van der Waals surface area contributed by atoms with Gasteiger partial charge in [-0.05, 0) is 95.6 Å². The lowest BCUT2D eigenvalue weighted by molar-refractivity contribution is -0.142. The van der Waals surface area contributed by atoms with Crippen molar-refractivity contribution in [3.8, 4) is 0 Å². The van der Waals surface area contributed by atoms with Crippen LogP contribution in [0.4, 0.5) is 0 Å². The molecule has 2 nitrogen and oxygen atoms in total. The van der Waals surface area contributed by atoms with E-state index in [1.807, 2.05) is 13.0 Å². The van der Waals surface area contributed by atoms with E-state index in [2.05, 4.69) is 89.3 Å². The van der Waals surface area contributed by atoms with E-state index in [-0.39, 0.29) is 11.4 Å². The number of allylic oxidation sites excluding steroid dienone is 13. The molecule has 0 N–H and O–H groups in total. The molecule has 0 radical (unpaired) electrons. The van der Waals surface area contributed by atoms with Crippen LogP contribution in [0.15, 0.2) is 83.1 Å². The molecular weight excluding hydrogens is 512 g/mol. The van der Waals surface area contributed by atoms with Crippen LogP contribution in [0.3, 0.4) is 0 Å². The van der Waals surface area contributed by atoms with Crippen LogP contribution in [-0.2, 0) is 9.53 Å². The highest BCUT2D eigenvalue weighted by molar-refractivity contribution is 5.69. The summed E-state index contributed by atoms with van der Waals surface area (Å²) in [5.74, 6) is -0.0817. The molecule has 1 rings (SSSR count). The summed E-state index contributed by atoms with van der Waals surface area (Å²) in [5, 5.41) is 0. The highest BCUT2D eigenvalue weighted by Crippen LogP contribution is 2.40. The molecule has 0 unspecified atom stereocenters. The first-order chi connectivity index (χ1) is 20.3. The molecule has 0 bridgehead atoms. The first-order valence-electron chi connectivity index (χ1n) is 17.1. The first kappa shape index (κ1) is 37.7. The second-order valence-electron chi connectivity index (χ2n) is 12.9. The monoisotopic (exact) mass is 576 g/mol. The van der Waals surface area contributed by atoms with Gasteiger partial charge in [0.2, 0.25) is 0 Å². The van der Waals surface area contributed by atoms with Gasteiger partial charge in [-0.25, -0.2) is 0 Å². The average Bonchev–Trinajstić information content (AvgIpc) is 2.94. The second kappa shape index (κ2) is 24.1. The van der Waals surface area contributed by atoms with Gasteiger partial charge in [0.1, 0.15) is 6.61 Å². The van der Waals surface area contributed by atoms with Crippen molar-refractivity contribution in [2.75, 3.05) is 6.61 Å². The van der Waals surface area contributed by atoms with Gasteiger partial charge in [0.25, 0.3) is 0 Å². The molecule has 0 aromatic carbocycles. The Morgan fingerprint density at radius 1 is 0.833 bits per heavy atom. The van der Waals surface area contributed by atoms with Crippen LogP contribution >= 0.6 is 0 Å². The summed E-state index contributed by atoms with van der Waals surface area (Å²) in [6.45, 7) is 13.8. The van der Waals surface area contributed by atoms with Crippen LogP contribution in [0.5, 0.6) is 0 Å². The molecule has 0 aromatic rings. The Morgan fingerprint density at radius 2 is 1.48 bits per heavy atom. The minimum absolute atomic E-state index is 0.0817. The Hall–Kier alpha value is -2.35. The number of rotatable bonds is 22. The maximum absolute atomic E-state index is 12.1. The molecule has 1 aliphatic carbocycles. The molecule has 0 heterocycles. The zero-order chi connectivity index (χ0) is 30.9. The Morgan fingerprint density at radius 3 is 2.14 bits per heavy atom. The molecule has 0 saturated heterocycles. The molecule has 1 aliphatic rings. The standard InChI is InChI=1S/C40H64O2/c1-7-8-9-10-11-12-13-14-15-16-17-18-19-20-21-22-23-29-39(41)42-34-32-36(3)27-24-26-35(2)30-31-38-37(4)28-25-33-40(38,5)6/h11-12,14-15,24,26-27,30-32H,7-10,13,16-23,25,28-29,33-34H2,1-6H3/b12-11-,15-14-,27-24+,31-30+,35-26+,36-32+. The molecule has 0 aliphatic heterocycles. The smallest absolute Gasteiger partial charge is 0.306 e. The minimum Gasteiger partial charge on any atom is -0.461 e. The molecular formula is C40H64O2. The van der Waals surface area contributed by atoms with Crippen molar-refractivity contribution in [2.45, 2.75) is 151 Å². The lowest BCUT2D eigenvalue weighted by Crippen LogP contribution is -2.19. The summed E-state index contributed by atoms with van der Waals surface area (Å²) in [6, 6.07) is 0. The zero-order valence-electron chi connectivity index (χ0n) is 28.3. The van der Waals surface area contributed by atoms with Gasteiger partial charge in [0, 0.05) is 6.42 Å². The van der Waals surface area contributed by atoms with Gasteiger partial charge in [0.05, 0.1) is 0 Å². The third kappa shape index (κ3) is 19.7. The number of carbonyl (C=O) groups is 1. The molecule has 0 spiro atoms. The summed E-state index contributed by atoms with van der Waals surface area (Å²) in [5.41, 5.74) is 5.63. The Balaban J connectivity index is 2.08. The number of unbranched alkanes of at least 4 members (excludes halogenated alkanes) is 10. The van der Waals surface area contributed by atoms with Gasteiger partial charge in [0.15, 0.2) is 0 Å². The third-order valence-electron chi connectivity index (χ3n) is 8.25. The van der Waals surface area contributed by atoms with Gasteiger partial charge < -0.3 is 4.74 Å². The largest absolute Gasteiger partial charge is 0.461 e. The number of carbonyl (C=O) groups excluding carboxylic acids is 1. The third-order valence-corrected chi connectivity index (χ3v) is 8.25. The summed E-state index contributed by atoms with van der Waals surface area (Å²) in [7, 11) is 0. The summed E-state index contributed by atoms with van der Waals surface area (Å²) >= 11 is 0. The fraction of sp³-hybridized carbons (Fsp3) is 0.625. The van der Waals surface area contributed by atoms with Crippen LogP contribution < -0.4 is 0 Å². The van der Waals surface area contributed by atoms with Gasteiger partial charge in [-0.3, -0.25) is 4.79 Å². The Kier molecular flexibility index (Phi) is 21.6. The topological polar surface area (TPSA) is 26.3 Å². The predicted molar refractivity (Wildman–Crippen MR) is 186 cm³/mol. The first-order valence-corrected chi connectivity index (χ1v) is 17.1. The van der Waals surface area contributed by atoms with E-state index in [0.29, 0.717) is 13.0 Å². The van der Waals surface area contributed by atoms with E-state index in [1.54, 1.807) is 0 Å². The fourth-order valence-electron chi connectivity index (χ4n) is 5.47. The lowest BCUT2D eigenvalue weighted by Gasteiger charge is -2.32. The van der Waals surface area contributed by atoms with Crippen LogP contribution in [-0.4, -0.2) is 12.6 Å². The summed E-state index contributed by atoms with van der Waals surface area (Å²) in [6.07, 6.45) is 42.3. The summed E-state index contributed by atoms with van der Waals surface area (Å²) < 4.78 is 5.41. The van der Waals surface area contributed by atoms with E-state index in [4.69, 9.17) is 4.74 Å². The number of ether oxygens (including phenoxy) is 1. The zero-order valence-corrected chi connectivity index (χ0v) is 28.3. The van der Waals surface area contributed by atoms with E-state index >= 15 is 0 Å².